The van der Waals surface area contributed by atoms with Crippen molar-refractivity contribution in [2.45, 2.75) is 62.5 Å². The molecule has 90 valence electrons. The Hall–Kier alpha value is -0.550. The first-order valence-electron chi connectivity index (χ1n) is 6.06. The van der Waals surface area contributed by atoms with Gasteiger partial charge in [0.25, 0.3) is 0 Å². The Morgan fingerprint density at radius 1 is 1.50 bits per heavy atom. The van der Waals surface area contributed by atoms with E-state index in [1.165, 1.54) is 25.7 Å². The molecular weight excluding hydrogens is 220 g/mol. The lowest BCUT2D eigenvalue weighted by Gasteiger charge is -2.11. The van der Waals surface area contributed by atoms with Gasteiger partial charge in [-0.1, -0.05) is 32.0 Å². The number of thioether (sulfide) groups is 1. The maximum atomic E-state index is 5.69. The molecule has 1 heterocycles. The van der Waals surface area contributed by atoms with E-state index in [2.05, 4.69) is 28.6 Å². The van der Waals surface area contributed by atoms with Gasteiger partial charge in [-0.05, 0) is 19.3 Å². The van der Waals surface area contributed by atoms with Gasteiger partial charge in [0.2, 0.25) is 0 Å². The Morgan fingerprint density at radius 2 is 2.25 bits per heavy atom. The number of nitrogens with two attached hydrogens (primary N) is 1. The highest BCUT2D eigenvalue weighted by atomic mass is 32.2. The average molecular weight is 240 g/mol. The lowest BCUT2D eigenvalue weighted by atomic mass is 10.3. The van der Waals surface area contributed by atoms with E-state index in [0.29, 0.717) is 17.8 Å². The Balaban J connectivity index is 2.10. The molecule has 16 heavy (non-hydrogen) atoms. The third-order valence-corrected chi connectivity index (χ3v) is 3.96. The van der Waals surface area contributed by atoms with Crippen LogP contribution in [0.3, 0.4) is 0 Å². The summed E-state index contributed by atoms with van der Waals surface area (Å²) in [5.74, 6) is 0.939. The second-order valence-corrected chi connectivity index (χ2v) is 5.83. The van der Waals surface area contributed by atoms with Gasteiger partial charge in [-0.15, -0.1) is 10.2 Å². The molecule has 0 spiro atoms. The van der Waals surface area contributed by atoms with Crippen LogP contribution in [0.4, 0.5) is 0 Å². The van der Waals surface area contributed by atoms with Gasteiger partial charge < -0.3 is 10.3 Å². The summed E-state index contributed by atoms with van der Waals surface area (Å²) in [6.07, 6.45) is 4.94. The molecule has 0 amide bonds. The quantitative estimate of drug-likeness (QED) is 0.775. The van der Waals surface area contributed by atoms with Crippen molar-refractivity contribution in [3.8, 4) is 0 Å². The summed E-state index contributed by atoms with van der Waals surface area (Å²) in [5, 5.41) is 10.1. The predicted octanol–water partition coefficient (Wildman–Crippen LogP) is 2.35. The molecule has 0 saturated heterocycles. The Labute approximate surface area is 101 Å². The Morgan fingerprint density at radius 3 is 2.81 bits per heavy atom. The van der Waals surface area contributed by atoms with Crippen molar-refractivity contribution >= 4 is 11.8 Å². The third kappa shape index (κ3) is 2.58. The Bertz CT molecular complexity index is 346. The highest BCUT2D eigenvalue weighted by Crippen LogP contribution is 2.39. The summed E-state index contributed by atoms with van der Waals surface area (Å²) in [6.45, 7) is 4.96. The third-order valence-electron chi connectivity index (χ3n) is 2.83. The number of aromatic nitrogens is 3. The first-order valence-corrected chi connectivity index (χ1v) is 6.94. The van der Waals surface area contributed by atoms with Crippen LogP contribution < -0.4 is 5.73 Å². The highest BCUT2D eigenvalue weighted by molar-refractivity contribution is 7.99. The monoisotopic (exact) mass is 240 g/mol. The maximum Gasteiger partial charge on any atom is 0.191 e. The lowest BCUT2D eigenvalue weighted by molar-refractivity contribution is 0.624. The van der Waals surface area contributed by atoms with E-state index in [1.807, 2.05) is 11.8 Å². The van der Waals surface area contributed by atoms with Crippen LogP contribution in [0, 0.1) is 0 Å². The second kappa shape index (κ2) is 5.19. The van der Waals surface area contributed by atoms with E-state index in [0.717, 1.165) is 11.0 Å². The van der Waals surface area contributed by atoms with Gasteiger partial charge in [-0.2, -0.15) is 0 Å². The SMILES string of the molecule is CCCC(C)Sc1nnc(CN)n1C1CC1. The lowest BCUT2D eigenvalue weighted by Crippen LogP contribution is -2.09. The van der Waals surface area contributed by atoms with Crippen molar-refractivity contribution in [3.63, 3.8) is 0 Å². The van der Waals surface area contributed by atoms with E-state index in [9.17, 15) is 0 Å². The van der Waals surface area contributed by atoms with Gasteiger partial charge in [-0.3, -0.25) is 0 Å². The van der Waals surface area contributed by atoms with Crippen molar-refractivity contribution in [3.05, 3.63) is 5.82 Å². The zero-order chi connectivity index (χ0) is 11.5. The minimum absolute atomic E-state index is 0.492. The van der Waals surface area contributed by atoms with Crippen LogP contribution in [0.5, 0.6) is 0 Å². The molecule has 1 aromatic rings. The molecule has 1 saturated carbocycles. The molecule has 2 rings (SSSR count). The summed E-state index contributed by atoms with van der Waals surface area (Å²) < 4.78 is 2.25. The van der Waals surface area contributed by atoms with Gasteiger partial charge >= 0.3 is 0 Å². The zero-order valence-corrected chi connectivity index (χ0v) is 10.8. The van der Waals surface area contributed by atoms with Gasteiger partial charge in [0.1, 0.15) is 5.82 Å². The van der Waals surface area contributed by atoms with Crippen molar-refractivity contribution in [1.82, 2.24) is 14.8 Å². The first-order chi connectivity index (χ1) is 7.76. The first kappa shape index (κ1) is 11.9. The number of hydrogen-bond acceptors (Lipinski definition) is 4. The molecule has 1 aromatic heterocycles. The summed E-state index contributed by atoms with van der Waals surface area (Å²) in [4.78, 5) is 0. The van der Waals surface area contributed by atoms with Crippen LogP contribution in [0.1, 0.15) is 51.4 Å². The maximum absolute atomic E-state index is 5.69. The zero-order valence-electron chi connectivity index (χ0n) is 10.0. The molecule has 2 N–H and O–H groups in total. The summed E-state index contributed by atoms with van der Waals surface area (Å²) in [7, 11) is 0. The minimum atomic E-state index is 0.492. The largest absolute Gasteiger partial charge is 0.324 e. The van der Waals surface area contributed by atoms with E-state index in [1.54, 1.807) is 0 Å². The van der Waals surface area contributed by atoms with Gasteiger partial charge in [0, 0.05) is 11.3 Å². The van der Waals surface area contributed by atoms with Gasteiger partial charge in [0.05, 0.1) is 6.54 Å². The van der Waals surface area contributed by atoms with Crippen LogP contribution in [-0.4, -0.2) is 20.0 Å². The highest BCUT2D eigenvalue weighted by Gasteiger charge is 2.29. The summed E-state index contributed by atoms with van der Waals surface area (Å²) in [5.41, 5.74) is 5.69. The van der Waals surface area contributed by atoms with Crippen LogP contribution in [0.15, 0.2) is 5.16 Å². The number of nitrogens with zero attached hydrogens (tertiary/aromatic N) is 3. The van der Waals surface area contributed by atoms with Crippen molar-refractivity contribution in [2.24, 2.45) is 5.73 Å². The summed E-state index contributed by atoms with van der Waals surface area (Å²) in [6, 6.07) is 0.616. The molecule has 1 aliphatic carbocycles. The fourth-order valence-corrected chi connectivity index (χ4v) is 3.04. The van der Waals surface area contributed by atoms with Gasteiger partial charge in [0.15, 0.2) is 5.16 Å². The molecular formula is C11H20N4S. The van der Waals surface area contributed by atoms with E-state index < -0.39 is 0 Å². The molecule has 1 aliphatic rings. The standard InChI is InChI=1S/C11H20N4S/c1-3-4-8(2)16-11-14-13-10(7-12)15(11)9-5-6-9/h8-9H,3-7,12H2,1-2H3. The Kier molecular flexibility index (Phi) is 3.86. The molecule has 1 fully saturated rings. The van der Waals surface area contributed by atoms with Crippen molar-refractivity contribution in [1.29, 1.82) is 0 Å². The minimum Gasteiger partial charge on any atom is -0.324 e. The fourth-order valence-electron chi connectivity index (χ4n) is 1.87. The van der Waals surface area contributed by atoms with Crippen molar-refractivity contribution in [2.75, 3.05) is 0 Å². The number of rotatable bonds is 6. The smallest absolute Gasteiger partial charge is 0.191 e. The molecule has 0 aromatic carbocycles. The van der Waals surface area contributed by atoms with Crippen LogP contribution >= 0.6 is 11.8 Å². The predicted molar refractivity (Wildman–Crippen MR) is 66.4 cm³/mol. The molecule has 0 radical (unpaired) electrons. The van der Waals surface area contributed by atoms with Crippen molar-refractivity contribution < 1.29 is 0 Å². The van der Waals surface area contributed by atoms with Gasteiger partial charge in [-0.25, -0.2) is 0 Å². The van der Waals surface area contributed by atoms with E-state index in [4.69, 9.17) is 5.73 Å². The van der Waals surface area contributed by atoms with Crippen LogP contribution in [0.25, 0.3) is 0 Å². The normalized spacial score (nSPS) is 17.7. The number of hydrogen-bond donors (Lipinski definition) is 1. The topological polar surface area (TPSA) is 56.7 Å². The molecule has 4 nitrogen and oxygen atoms in total. The van der Waals surface area contributed by atoms with E-state index >= 15 is 0 Å². The fraction of sp³-hybridized carbons (Fsp3) is 0.818. The molecule has 5 heteroatoms. The van der Waals surface area contributed by atoms with Crippen LogP contribution in [0.2, 0.25) is 0 Å². The van der Waals surface area contributed by atoms with E-state index in [-0.39, 0.29) is 0 Å². The molecule has 0 bridgehead atoms. The van der Waals surface area contributed by atoms with Crippen LogP contribution in [-0.2, 0) is 6.54 Å². The molecule has 0 aliphatic heterocycles. The molecule has 1 unspecified atom stereocenters. The summed E-state index contributed by atoms with van der Waals surface area (Å²) >= 11 is 1.83. The molecule has 1 atom stereocenters. The average Bonchev–Trinajstić information content (AvgIpc) is 3.01. The second-order valence-electron chi connectivity index (χ2n) is 4.42.